The highest BCUT2D eigenvalue weighted by Crippen LogP contribution is 2.14. The fourth-order valence-corrected chi connectivity index (χ4v) is 2.28. The Labute approximate surface area is 133 Å². The van der Waals surface area contributed by atoms with Crippen LogP contribution in [0.1, 0.15) is 56.0 Å². The number of aromatic nitrogens is 1. The molecule has 0 spiro atoms. The van der Waals surface area contributed by atoms with Gasteiger partial charge in [0, 0.05) is 18.0 Å². The van der Waals surface area contributed by atoms with Crippen molar-refractivity contribution in [1.29, 1.82) is 0 Å². The number of carbonyl (C=O) groups excluding carboxylic acids is 1. The maximum Gasteiger partial charge on any atom is 0.220 e. The van der Waals surface area contributed by atoms with Gasteiger partial charge in [-0.25, -0.2) is 0 Å². The number of hydrogen-bond donors (Lipinski definition) is 2. The minimum atomic E-state index is 0. The number of nitrogens with zero attached hydrogens (tertiary/aromatic N) is 1. The molecule has 1 amide bonds. The normalized spacial score (nSPS) is 11.8. The molecule has 0 aromatic carbocycles. The third-order valence-electron chi connectivity index (χ3n) is 3.46. The Morgan fingerprint density at radius 2 is 1.95 bits per heavy atom. The molecule has 3 N–H and O–H groups in total. The summed E-state index contributed by atoms with van der Waals surface area (Å²) in [5.74, 6) is 0.961. The van der Waals surface area contributed by atoms with Crippen LogP contribution < -0.4 is 11.1 Å². The number of aryl methyl sites for hydroxylation is 2. The number of nitrogens with two attached hydrogens (primary N) is 1. The Morgan fingerprint density at radius 3 is 2.52 bits per heavy atom. The van der Waals surface area contributed by atoms with Crippen LogP contribution >= 0.6 is 12.4 Å². The molecule has 0 fully saturated rings. The number of rotatable bonds is 9. The average Bonchev–Trinajstić information content (AvgIpc) is 2.70. The summed E-state index contributed by atoms with van der Waals surface area (Å²) < 4.78 is 5.13. The molecule has 1 atom stereocenters. The lowest BCUT2D eigenvalue weighted by molar-refractivity contribution is -0.121. The molecule has 5 nitrogen and oxygen atoms in total. The summed E-state index contributed by atoms with van der Waals surface area (Å²) >= 11 is 0. The Kier molecular flexibility index (Phi) is 10.1. The highest BCUT2D eigenvalue weighted by Gasteiger charge is 2.14. The first-order chi connectivity index (χ1) is 9.54. The fourth-order valence-electron chi connectivity index (χ4n) is 2.28. The minimum Gasteiger partial charge on any atom is -0.361 e. The molecule has 1 aromatic rings. The molecule has 0 saturated carbocycles. The number of hydrogen-bond acceptors (Lipinski definition) is 4. The summed E-state index contributed by atoms with van der Waals surface area (Å²) in [7, 11) is 0. The zero-order valence-electron chi connectivity index (χ0n) is 13.3. The van der Waals surface area contributed by atoms with Crippen molar-refractivity contribution >= 4 is 18.3 Å². The monoisotopic (exact) mass is 317 g/mol. The van der Waals surface area contributed by atoms with Crippen molar-refractivity contribution in [2.45, 2.75) is 65.3 Å². The zero-order valence-corrected chi connectivity index (χ0v) is 14.1. The van der Waals surface area contributed by atoms with E-state index in [0.717, 1.165) is 55.7 Å². The first-order valence-corrected chi connectivity index (χ1v) is 7.45. The van der Waals surface area contributed by atoms with Gasteiger partial charge in [0.15, 0.2) is 0 Å². The van der Waals surface area contributed by atoms with Gasteiger partial charge in [0.05, 0.1) is 5.69 Å². The second-order valence-corrected chi connectivity index (χ2v) is 5.43. The second kappa shape index (κ2) is 10.6. The Bertz CT molecular complexity index is 402. The molecule has 21 heavy (non-hydrogen) atoms. The number of nitrogens with one attached hydrogen (secondary N) is 1. The summed E-state index contributed by atoms with van der Waals surface area (Å²) in [5, 5.41) is 6.96. The lowest BCUT2D eigenvalue weighted by atomic mass is 10.1. The van der Waals surface area contributed by atoms with Crippen LogP contribution in [-0.4, -0.2) is 23.7 Å². The van der Waals surface area contributed by atoms with Gasteiger partial charge in [-0.05, 0) is 46.6 Å². The predicted octanol–water partition coefficient (Wildman–Crippen LogP) is 2.67. The second-order valence-electron chi connectivity index (χ2n) is 5.43. The molecule has 0 radical (unpaired) electrons. The van der Waals surface area contributed by atoms with Crippen molar-refractivity contribution in [3.63, 3.8) is 0 Å². The Balaban J connectivity index is 0.00000400. The molecule has 0 aliphatic rings. The zero-order chi connectivity index (χ0) is 15.0. The van der Waals surface area contributed by atoms with Crippen LogP contribution in [0.5, 0.6) is 0 Å². The van der Waals surface area contributed by atoms with Crippen LogP contribution in [0.2, 0.25) is 0 Å². The van der Waals surface area contributed by atoms with Gasteiger partial charge in [0.1, 0.15) is 5.76 Å². The first kappa shape index (κ1) is 19.9. The lowest BCUT2D eigenvalue weighted by Gasteiger charge is -2.13. The molecular formula is C15H28ClN3O2. The van der Waals surface area contributed by atoms with Crippen LogP contribution in [0.25, 0.3) is 0 Å². The van der Waals surface area contributed by atoms with Gasteiger partial charge in [-0.3, -0.25) is 4.79 Å². The van der Waals surface area contributed by atoms with Crippen LogP contribution in [-0.2, 0) is 11.2 Å². The first-order valence-electron chi connectivity index (χ1n) is 7.45. The summed E-state index contributed by atoms with van der Waals surface area (Å²) in [6.07, 6.45) is 5.52. The van der Waals surface area contributed by atoms with Gasteiger partial charge in [-0.1, -0.05) is 18.0 Å². The molecule has 1 aromatic heterocycles. The standard InChI is InChI=1S/C15H27N3O2.ClH/c1-11(10-14-12(2)18-20-13(14)3)17-15(19)8-6-4-5-7-9-16;/h11H,4-10,16H2,1-3H3,(H,17,19);1H. The van der Waals surface area contributed by atoms with E-state index in [0.29, 0.717) is 6.42 Å². The molecule has 0 bridgehead atoms. The van der Waals surface area contributed by atoms with Crippen molar-refractivity contribution in [3.8, 4) is 0 Å². The van der Waals surface area contributed by atoms with Crippen molar-refractivity contribution in [2.24, 2.45) is 5.73 Å². The summed E-state index contributed by atoms with van der Waals surface area (Å²) in [4.78, 5) is 11.8. The third-order valence-corrected chi connectivity index (χ3v) is 3.46. The van der Waals surface area contributed by atoms with Gasteiger partial charge in [-0.15, -0.1) is 12.4 Å². The quantitative estimate of drug-likeness (QED) is 0.686. The molecule has 1 rings (SSSR count). The summed E-state index contributed by atoms with van der Waals surface area (Å²) in [5.41, 5.74) is 7.44. The van der Waals surface area contributed by atoms with E-state index in [1.165, 1.54) is 0 Å². The topological polar surface area (TPSA) is 81.2 Å². The highest BCUT2D eigenvalue weighted by atomic mass is 35.5. The Hall–Kier alpha value is -1.07. The van der Waals surface area contributed by atoms with Gasteiger partial charge >= 0.3 is 0 Å². The van der Waals surface area contributed by atoms with E-state index in [9.17, 15) is 4.79 Å². The van der Waals surface area contributed by atoms with Gasteiger partial charge < -0.3 is 15.6 Å². The molecule has 0 saturated heterocycles. The van der Waals surface area contributed by atoms with Crippen molar-refractivity contribution in [3.05, 3.63) is 17.0 Å². The molecule has 0 aliphatic carbocycles. The molecule has 122 valence electrons. The van der Waals surface area contributed by atoms with Crippen LogP contribution in [0.15, 0.2) is 4.52 Å². The molecule has 1 heterocycles. The molecule has 1 unspecified atom stereocenters. The van der Waals surface area contributed by atoms with Crippen molar-refractivity contribution in [1.82, 2.24) is 10.5 Å². The van der Waals surface area contributed by atoms with Gasteiger partial charge in [-0.2, -0.15) is 0 Å². The average molecular weight is 318 g/mol. The summed E-state index contributed by atoms with van der Waals surface area (Å²) in [6.45, 7) is 6.58. The lowest BCUT2D eigenvalue weighted by Crippen LogP contribution is -2.34. The fraction of sp³-hybridized carbons (Fsp3) is 0.733. The van der Waals surface area contributed by atoms with E-state index < -0.39 is 0 Å². The SMILES string of the molecule is Cc1noc(C)c1CC(C)NC(=O)CCCCCCN.Cl. The molecular weight excluding hydrogens is 290 g/mol. The van der Waals surface area contributed by atoms with E-state index >= 15 is 0 Å². The number of unbranched alkanes of at least 4 members (excludes halogenated alkanes) is 3. The van der Waals surface area contributed by atoms with Crippen molar-refractivity contribution < 1.29 is 9.32 Å². The maximum atomic E-state index is 11.8. The van der Waals surface area contributed by atoms with E-state index in [1.807, 2.05) is 20.8 Å². The van der Waals surface area contributed by atoms with E-state index in [1.54, 1.807) is 0 Å². The van der Waals surface area contributed by atoms with E-state index in [-0.39, 0.29) is 24.4 Å². The highest BCUT2D eigenvalue weighted by molar-refractivity contribution is 5.85. The van der Waals surface area contributed by atoms with Crippen LogP contribution in [0.4, 0.5) is 0 Å². The van der Waals surface area contributed by atoms with Gasteiger partial charge in [0.25, 0.3) is 0 Å². The third kappa shape index (κ3) is 7.48. The molecule has 6 heteroatoms. The number of amides is 1. The van der Waals surface area contributed by atoms with Crippen LogP contribution in [0, 0.1) is 13.8 Å². The van der Waals surface area contributed by atoms with E-state index in [2.05, 4.69) is 10.5 Å². The predicted molar refractivity (Wildman–Crippen MR) is 86.7 cm³/mol. The smallest absolute Gasteiger partial charge is 0.220 e. The Morgan fingerprint density at radius 1 is 1.29 bits per heavy atom. The summed E-state index contributed by atoms with van der Waals surface area (Å²) in [6, 6.07) is 0.100. The largest absolute Gasteiger partial charge is 0.361 e. The number of halogens is 1. The van der Waals surface area contributed by atoms with E-state index in [4.69, 9.17) is 10.3 Å². The van der Waals surface area contributed by atoms with Crippen molar-refractivity contribution in [2.75, 3.05) is 6.54 Å². The minimum absolute atomic E-state index is 0. The number of carbonyl (C=O) groups is 1. The van der Waals surface area contributed by atoms with Crippen LogP contribution in [0.3, 0.4) is 0 Å². The maximum absolute atomic E-state index is 11.8. The van der Waals surface area contributed by atoms with Gasteiger partial charge in [0.2, 0.25) is 5.91 Å². The molecule has 0 aliphatic heterocycles.